The SMILES string of the molecule is CC(C(=O)c1ccc2c(c1)NCC(C)(C)O2)N1CCN(C)CC1. The van der Waals surface area contributed by atoms with Crippen molar-refractivity contribution in [1.82, 2.24) is 9.80 Å². The summed E-state index contributed by atoms with van der Waals surface area (Å²) in [6.07, 6.45) is 0. The number of Topliss-reactive ketones (excluding diaryl/α,β-unsaturated/α-hetero) is 1. The summed E-state index contributed by atoms with van der Waals surface area (Å²) in [5.74, 6) is 1.01. The van der Waals surface area contributed by atoms with E-state index in [4.69, 9.17) is 4.74 Å². The van der Waals surface area contributed by atoms with E-state index < -0.39 is 0 Å². The molecule has 0 saturated carbocycles. The fraction of sp³-hybridized carbons (Fsp3) is 0.611. The van der Waals surface area contributed by atoms with Crippen LogP contribution in [0.2, 0.25) is 0 Å². The average molecular weight is 317 g/mol. The third-order valence-corrected chi connectivity index (χ3v) is 4.82. The second-order valence-electron chi connectivity index (χ2n) is 7.31. The second kappa shape index (κ2) is 6.13. The minimum atomic E-state index is -0.217. The summed E-state index contributed by atoms with van der Waals surface area (Å²) in [5.41, 5.74) is 1.46. The minimum absolute atomic E-state index is 0.0808. The van der Waals surface area contributed by atoms with E-state index in [0.29, 0.717) is 0 Å². The van der Waals surface area contributed by atoms with Gasteiger partial charge < -0.3 is 15.0 Å². The third kappa shape index (κ3) is 3.51. The van der Waals surface area contributed by atoms with Gasteiger partial charge in [-0.05, 0) is 46.0 Å². The molecule has 0 spiro atoms. The third-order valence-electron chi connectivity index (χ3n) is 4.82. The second-order valence-corrected chi connectivity index (χ2v) is 7.31. The molecule has 1 fully saturated rings. The molecule has 0 amide bonds. The number of piperazine rings is 1. The van der Waals surface area contributed by atoms with Gasteiger partial charge in [-0.25, -0.2) is 0 Å². The van der Waals surface area contributed by atoms with Crippen LogP contribution in [-0.4, -0.2) is 67.0 Å². The number of carbonyl (C=O) groups is 1. The minimum Gasteiger partial charge on any atom is -0.484 e. The molecule has 5 nitrogen and oxygen atoms in total. The first-order valence-corrected chi connectivity index (χ1v) is 8.39. The number of rotatable bonds is 3. The van der Waals surface area contributed by atoms with Crippen LogP contribution in [0.5, 0.6) is 5.75 Å². The molecule has 1 atom stereocenters. The molecule has 3 rings (SSSR count). The standard InChI is InChI=1S/C18H27N3O2/c1-13(21-9-7-20(4)8-10-21)17(22)14-5-6-16-15(11-14)19-12-18(2,3)23-16/h5-6,11,13,19H,7-10,12H2,1-4H3. The van der Waals surface area contributed by atoms with Crippen molar-refractivity contribution in [2.45, 2.75) is 32.4 Å². The average Bonchev–Trinajstić information content (AvgIpc) is 2.53. The largest absolute Gasteiger partial charge is 0.484 e. The molecule has 1 aromatic carbocycles. The molecule has 0 aromatic heterocycles. The van der Waals surface area contributed by atoms with Crippen LogP contribution in [0.15, 0.2) is 18.2 Å². The molecule has 126 valence electrons. The van der Waals surface area contributed by atoms with E-state index in [9.17, 15) is 4.79 Å². The van der Waals surface area contributed by atoms with Crippen molar-refractivity contribution in [2.75, 3.05) is 45.1 Å². The molecule has 1 aromatic rings. The maximum absolute atomic E-state index is 12.8. The Morgan fingerprint density at radius 3 is 2.65 bits per heavy atom. The van der Waals surface area contributed by atoms with E-state index in [1.807, 2.05) is 25.1 Å². The van der Waals surface area contributed by atoms with Gasteiger partial charge in [0.15, 0.2) is 5.78 Å². The molecule has 2 aliphatic heterocycles. The van der Waals surface area contributed by atoms with Crippen LogP contribution in [-0.2, 0) is 0 Å². The van der Waals surface area contributed by atoms with Crippen LogP contribution in [0.4, 0.5) is 5.69 Å². The zero-order valence-corrected chi connectivity index (χ0v) is 14.6. The summed E-state index contributed by atoms with van der Waals surface area (Å²) in [4.78, 5) is 17.4. The molecular formula is C18H27N3O2. The summed E-state index contributed by atoms with van der Waals surface area (Å²) < 4.78 is 5.95. The quantitative estimate of drug-likeness (QED) is 0.865. The van der Waals surface area contributed by atoms with Crippen molar-refractivity contribution in [2.24, 2.45) is 0 Å². The fourth-order valence-electron chi connectivity index (χ4n) is 3.17. The number of nitrogens with one attached hydrogen (secondary N) is 1. The molecular weight excluding hydrogens is 290 g/mol. The molecule has 2 aliphatic rings. The number of hydrogen-bond acceptors (Lipinski definition) is 5. The normalized spacial score (nSPS) is 22.6. The van der Waals surface area contributed by atoms with Crippen LogP contribution in [0.25, 0.3) is 0 Å². The molecule has 23 heavy (non-hydrogen) atoms. The smallest absolute Gasteiger partial charge is 0.179 e. The summed E-state index contributed by atoms with van der Waals surface area (Å²) in [7, 11) is 2.13. The van der Waals surface area contributed by atoms with Crippen molar-refractivity contribution in [1.29, 1.82) is 0 Å². The monoisotopic (exact) mass is 317 g/mol. The van der Waals surface area contributed by atoms with Gasteiger partial charge in [0.1, 0.15) is 11.4 Å². The maximum Gasteiger partial charge on any atom is 0.179 e. The number of nitrogens with zero attached hydrogens (tertiary/aromatic N) is 2. The van der Waals surface area contributed by atoms with Gasteiger partial charge in [0.25, 0.3) is 0 Å². The van der Waals surface area contributed by atoms with Crippen molar-refractivity contribution in [3.63, 3.8) is 0 Å². The van der Waals surface area contributed by atoms with E-state index >= 15 is 0 Å². The number of benzene rings is 1. The lowest BCUT2D eigenvalue weighted by molar-refractivity contribution is 0.0737. The summed E-state index contributed by atoms with van der Waals surface area (Å²) >= 11 is 0. The van der Waals surface area contributed by atoms with Gasteiger partial charge in [0.05, 0.1) is 18.3 Å². The first-order chi connectivity index (χ1) is 10.9. The number of carbonyl (C=O) groups excluding carboxylic acids is 1. The predicted molar refractivity (Wildman–Crippen MR) is 92.5 cm³/mol. The van der Waals surface area contributed by atoms with Crippen LogP contribution in [0.3, 0.4) is 0 Å². The van der Waals surface area contributed by atoms with Crippen molar-refractivity contribution in [3.8, 4) is 5.75 Å². The summed E-state index contributed by atoms with van der Waals surface area (Å²) in [6, 6.07) is 5.64. The summed E-state index contributed by atoms with van der Waals surface area (Å²) in [5, 5.41) is 3.37. The van der Waals surface area contributed by atoms with Gasteiger partial charge in [0.2, 0.25) is 0 Å². The predicted octanol–water partition coefficient (Wildman–Crippen LogP) is 2.09. The molecule has 1 saturated heterocycles. The van der Waals surface area contributed by atoms with Gasteiger partial charge in [0, 0.05) is 31.7 Å². The van der Waals surface area contributed by atoms with E-state index in [1.165, 1.54) is 0 Å². The molecule has 1 N–H and O–H groups in total. The number of fused-ring (bicyclic) bond motifs is 1. The van der Waals surface area contributed by atoms with Crippen molar-refractivity contribution < 1.29 is 9.53 Å². The molecule has 5 heteroatoms. The highest BCUT2D eigenvalue weighted by molar-refractivity contribution is 6.01. The fourth-order valence-corrected chi connectivity index (χ4v) is 3.17. The van der Waals surface area contributed by atoms with Crippen LogP contribution in [0.1, 0.15) is 31.1 Å². The molecule has 1 unspecified atom stereocenters. The molecule has 0 aliphatic carbocycles. The number of anilines is 1. The molecule has 0 radical (unpaired) electrons. The molecule has 0 bridgehead atoms. The first-order valence-electron chi connectivity index (χ1n) is 8.39. The van der Waals surface area contributed by atoms with Crippen molar-refractivity contribution in [3.05, 3.63) is 23.8 Å². The Morgan fingerprint density at radius 1 is 1.26 bits per heavy atom. The number of likely N-dealkylation sites (N-methyl/N-ethyl adjacent to an activating group) is 1. The topological polar surface area (TPSA) is 44.8 Å². The van der Waals surface area contributed by atoms with E-state index in [-0.39, 0.29) is 17.4 Å². The Kier molecular flexibility index (Phi) is 4.34. The lowest BCUT2D eigenvalue weighted by Gasteiger charge is -2.36. The highest BCUT2D eigenvalue weighted by Gasteiger charge is 2.29. The Labute approximate surface area is 138 Å². The zero-order valence-electron chi connectivity index (χ0n) is 14.6. The Bertz CT molecular complexity index is 592. The van der Waals surface area contributed by atoms with Gasteiger partial charge in [-0.1, -0.05) is 0 Å². The van der Waals surface area contributed by atoms with E-state index in [0.717, 1.165) is 49.7 Å². The van der Waals surface area contributed by atoms with Gasteiger partial charge in [-0.15, -0.1) is 0 Å². The number of ketones is 1. The number of ether oxygens (including phenoxy) is 1. The van der Waals surface area contributed by atoms with Crippen LogP contribution in [0, 0.1) is 0 Å². The highest BCUT2D eigenvalue weighted by atomic mass is 16.5. The Morgan fingerprint density at radius 2 is 1.96 bits per heavy atom. The number of hydrogen-bond donors (Lipinski definition) is 1. The van der Waals surface area contributed by atoms with Crippen LogP contribution < -0.4 is 10.1 Å². The van der Waals surface area contributed by atoms with Crippen LogP contribution >= 0.6 is 0 Å². The lowest BCUT2D eigenvalue weighted by atomic mass is 10.0. The maximum atomic E-state index is 12.8. The first kappa shape index (κ1) is 16.3. The van der Waals surface area contributed by atoms with Gasteiger partial charge in [-0.2, -0.15) is 0 Å². The summed E-state index contributed by atoms with van der Waals surface area (Å²) in [6.45, 7) is 10.8. The lowest BCUT2D eigenvalue weighted by Crippen LogP contribution is -2.50. The van der Waals surface area contributed by atoms with E-state index in [2.05, 4.69) is 36.0 Å². The highest BCUT2D eigenvalue weighted by Crippen LogP contribution is 2.33. The van der Waals surface area contributed by atoms with E-state index in [1.54, 1.807) is 0 Å². The van der Waals surface area contributed by atoms with Gasteiger partial charge in [-0.3, -0.25) is 9.69 Å². The van der Waals surface area contributed by atoms with Crippen molar-refractivity contribution >= 4 is 11.5 Å². The molecule has 2 heterocycles. The Hall–Kier alpha value is -1.59. The van der Waals surface area contributed by atoms with Gasteiger partial charge >= 0.3 is 0 Å². The zero-order chi connectivity index (χ0) is 16.6. The Balaban J connectivity index is 1.73.